The van der Waals surface area contributed by atoms with Crippen LogP contribution in [0.25, 0.3) is 0 Å². The van der Waals surface area contributed by atoms with Crippen LogP contribution in [-0.4, -0.2) is 27.4 Å². The third kappa shape index (κ3) is 1.82. The lowest BCUT2D eigenvalue weighted by atomic mass is 9.90. The number of carbonyl (C=O) groups excluding carboxylic acids is 1. The highest BCUT2D eigenvalue weighted by Crippen LogP contribution is 2.31. The molecule has 0 spiro atoms. The van der Waals surface area contributed by atoms with E-state index >= 15 is 0 Å². The predicted octanol–water partition coefficient (Wildman–Crippen LogP) is -0.251. The lowest BCUT2D eigenvalue weighted by molar-refractivity contribution is -0.143. The molecule has 1 heterocycles. The molecule has 0 aliphatic carbocycles. The van der Waals surface area contributed by atoms with E-state index in [0.29, 0.717) is 0 Å². The van der Waals surface area contributed by atoms with Crippen LogP contribution in [0.5, 0.6) is 0 Å². The number of ether oxygens (including phenoxy) is 1. The third-order valence-electron chi connectivity index (χ3n) is 1.69. The average Bonchev–Trinajstić information content (AvgIpc) is 2.15. The Bertz CT molecular complexity index is 224. The van der Waals surface area contributed by atoms with Crippen molar-refractivity contribution in [3.8, 4) is 0 Å². The van der Waals surface area contributed by atoms with Gasteiger partial charge in [0.05, 0.1) is 18.0 Å². The summed E-state index contributed by atoms with van der Waals surface area (Å²) >= 11 is -2.67. The maximum Gasteiger partial charge on any atom is 0.337 e. The molecule has 1 fully saturated rings. The van der Waals surface area contributed by atoms with E-state index in [2.05, 4.69) is 8.92 Å². The van der Waals surface area contributed by atoms with Crippen molar-refractivity contribution in [1.29, 1.82) is 0 Å². The van der Waals surface area contributed by atoms with Gasteiger partial charge >= 0.3 is 5.97 Å². The fraction of sp³-hybridized carbons (Fsp3) is 0.833. The van der Waals surface area contributed by atoms with Crippen LogP contribution in [0.3, 0.4) is 0 Å². The Morgan fingerprint density at radius 2 is 2.33 bits per heavy atom. The van der Waals surface area contributed by atoms with Crippen LogP contribution in [0.15, 0.2) is 0 Å². The van der Waals surface area contributed by atoms with Gasteiger partial charge in [-0.1, -0.05) is 13.8 Å². The zero-order valence-corrected chi connectivity index (χ0v) is 7.55. The Morgan fingerprint density at radius 1 is 1.75 bits per heavy atom. The first kappa shape index (κ1) is 9.63. The van der Waals surface area contributed by atoms with Crippen LogP contribution >= 0.6 is 0 Å². The van der Waals surface area contributed by atoms with Gasteiger partial charge in [0.1, 0.15) is 0 Å². The Morgan fingerprint density at radius 3 is 2.67 bits per heavy atom. The molecule has 2 unspecified atom stereocenters. The van der Waals surface area contributed by atoms with Gasteiger partial charge in [-0.05, 0) is 0 Å². The molecule has 6 heteroatoms. The van der Waals surface area contributed by atoms with Crippen molar-refractivity contribution in [2.24, 2.45) is 5.41 Å². The maximum absolute atomic E-state index is 10.9. The Balaban J connectivity index is 2.71. The topological polar surface area (TPSA) is 75.7 Å². The molecule has 0 aromatic rings. The summed E-state index contributed by atoms with van der Waals surface area (Å²) < 4.78 is 29.3. The van der Waals surface area contributed by atoms with Crippen molar-refractivity contribution >= 4 is 17.3 Å². The predicted molar refractivity (Wildman–Crippen MR) is 38.5 cm³/mol. The number of carbonyl (C=O) groups is 1. The quantitative estimate of drug-likeness (QED) is 0.446. The van der Waals surface area contributed by atoms with Gasteiger partial charge in [-0.15, -0.1) is 0 Å². The molecule has 1 rings (SSSR count). The molecule has 0 N–H and O–H groups in total. The summed E-state index contributed by atoms with van der Waals surface area (Å²) in [5.41, 5.74) is -0.572. The van der Waals surface area contributed by atoms with E-state index in [1.807, 2.05) is 0 Å². The number of cyclic esters (lactones) is 1. The Hall–Kier alpha value is -0.460. The average molecular weight is 193 g/mol. The molecule has 0 radical (unpaired) electrons. The molecule has 12 heavy (non-hydrogen) atoms. The molecule has 0 amide bonds. The normalized spacial score (nSPS) is 29.9. The van der Waals surface area contributed by atoms with Crippen LogP contribution in [0.4, 0.5) is 0 Å². The lowest BCUT2D eigenvalue weighted by Gasteiger charge is -2.21. The van der Waals surface area contributed by atoms with Crippen molar-refractivity contribution in [3.63, 3.8) is 0 Å². The first-order valence-electron chi connectivity index (χ1n) is 3.36. The zero-order chi connectivity index (χ0) is 9.35. The SMILES string of the molecule is CC1(C)COC(=O)C1OS(=O)[O-]. The van der Waals surface area contributed by atoms with Crippen LogP contribution in [-0.2, 0) is 25.1 Å². The third-order valence-corrected chi connectivity index (χ3v) is 2.03. The van der Waals surface area contributed by atoms with Crippen LogP contribution in [0, 0.1) is 5.41 Å². The van der Waals surface area contributed by atoms with Gasteiger partial charge < -0.3 is 9.29 Å². The van der Waals surface area contributed by atoms with Gasteiger partial charge in [-0.25, -0.2) is 9.00 Å². The molecule has 70 valence electrons. The molecular weight excluding hydrogens is 184 g/mol. The first-order valence-corrected chi connectivity index (χ1v) is 4.36. The molecule has 1 aliphatic rings. The van der Waals surface area contributed by atoms with E-state index in [0.717, 1.165) is 0 Å². The highest BCUT2D eigenvalue weighted by Gasteiger charge is 2.45. The largest absolute Gasteiger partial charge is 0.750 e. The molecule has 2 atom stereocenters. The van der Waals surface area contributed by atoms with Crippen LogP contribution in [0.1, 0.15) is 13.8 Å². The summed E-state index contributed by atoms with van der Waals surface area (Å²) in [6.45, 7) is 3.60. The van der Waals surface area contributed by atoms with Gasteiger partial charge in [0, 0.05) is 5.41 Å². The first-order chi connectivity index (χ1) is 5.43. The number of hydrogen-bond donors (Lipinski definition) is 0. The van der Waals surface area contributed by atoms with E-state index in [4.69, 9.17) is 0 Å². The number of hydrogen-bond acceptors (Lipinski definition) is 5. The summed E-state index contributed by atoms with van der Waals surface area (Å²) in [7, 11) is 0. The van der Waals surface area contributed by atoms with Gasteiger partial charge in [0.25, 0.3) is 0 Å². The maximum atomic E-state index is 10.9. The summed E-state index contributed by atoms with van der Waals surface area (Å²) in [5, 5.41) is 0. The van der Waals surface area contributed by atoms with E-state index in [9.17, 15) is 13.6 Å². The minimum atomic E-state index is -2.67. The number of esters is 1. The van der Waals surface area contributed by atoms with Crippen molar-refractivity contribution < 1.29 is 22.5 Å². The van der Waals surface area contributed by atoms with E-state index in [-0.39, 0.29) is 6.61 Å². The van der Waals surface area contributed by atoms with Crippen molar-refractivity contribution in [2.75, 3.05) is 6.61 Å². The minimum Gasteiger partial charge on any atom is -0.750 e. The second-order valence-corrected chi connectivity index (χ2v) is 3.88. The van der Waals surface area contributed by atoms with Gasteiger partial charge in [0.15, 0.2) is 6.10 Å². The van der Waals surface area contributed by atoms with Gasteiger partial charge in [-0.3, -0.25) is 4.18 Å². The Kier molecular flexibility index (Phi) is 2.50. The summed E-state index contributed by atoms with van der Waals surface area (Å²) in [6.07, 6.45) is -1.00. The summed E-state index contributed by atoms with van der Waals surface area (Å²) in [4.78, 5) is 10.9. The molecule has 1 aliphatic heterocycles. The summed E-state index contributed by atoms with van der Waals surface area (Å²) in [5.74, 6) is -0.621. The summed E-state index contributed by atoms with van der Waals surface area (Å²) in [6, 6.07) is 0. The smallest absolute Gasteiger partial charge is 0.337 e. The van der Waals surface area contributed by atoms with Gasteiger partial charge in [-0.2, -0.15) is 0 Å². The lowest BCUT2D eigenvalue weighted by Crippen LogP contribution is -2.33. The molecular formula is C6H9O5S-. The highest BCUT2D eigenvalue weighted by molar-refractivity contribution is 7.74. The van der Waals surface area contributed by atoms with Gasteiger partial charge in [0.2, 0.25) is 0 Å². The number of rotatable bonds is 2. The Labute approximate surface area is 72.5 Å². The molecule has 0 saturated carbocycles. The second-order valence-electron chi connectivity index (χ2n) is 3.28. The van der Waals surface area contributed by atoms with E-state index < -0.39 is 28.8 Å². The fourth-order valence-corrected chi connectivity index (χ4v) is 1.47. The second kappa shape index (κ2) is 3.12. The molecule has 0 bridgehead atoms. The standard InChI is InChI=1S/C6H10O5S/c1-6(2)3-10-5(7)4(6)11-12(8)9/h4H,3H2,1-2H3,(H,8,9)/p-1. The molecule has 5 nitrogen and oxygen atoms in total. The molecule has 0 aromatic carbocycles. The molecule has 1 saturated heterocycles. The molecule has 0 aromatic heterocycles. The monoisotopic (exact) mass is 193 g/mol. The highest BCUT2D eigenvalue weighted by atomic mass is 32.2. The van der Waals surface area contributed by atoms with E-state index in [1.165, 1.54) is 0 Å². The minimum absolute atomic E-state index is 0.188. The zero-order valence-electron chi connectivity index (χ0n) is 6.73. The van der Waals surface area contributed by atoms with Crippen LogP contribution in [0.2, 0.25) is 0 Å². The van der Waals surface area contributed by atoms with Crippen molar-refractivity contribution in [1.82, 2.24) is 0 Å². The van der Waals surface area contributed by atoms with Crippen molar-refractivity contribution in [3.05, 3.63) is 0 Å². The van der Waals surface area contributed by atoms with Crippen molar-refractivity contribution in [2.45, 2.75) is 20.0 Å². The fourth-order valence-electron chi connectivity index (χ4n) is 0.976. The van der Waals surface area contributed by atoms with E-state index in [1.54, 1.807) is 13.8 Å². The van der Waals surface area contributed by atoms with Crippen LogP contribution < -0.4 is 0 Å².